The highest BCUT2D eigenvalue weighted by molar-refractivity contribution is 6.15. The minimum absolute atomic E-state index is 0.149. The van der Waals surface area contributed by atoms with Crippen LogP contribution in [0.5, 0.6) is 11.5 Å². The molecule has 2 aromatic rings. The summed E-state index contributed by atoms with van der Waals surface area (Å²) in [6, 6.07) is 8.98. The van der Waals surface area contributed by atoms with Crippen LogP contribution < -0.4 is 9.47 Å². The van der Waals surface area contributed by atoms with Gasteiger partial charge in [-0.1, -0.05) is 12.1 Å². The molecule has 0 N–H and O–H groups in total. The van der Waals surface area contributed by atoms with E-state index in [9.17, 15) is 14.0 Å². The molecular formula is C21H19FO5. The lowest BCUT2D eigenvalue weighted by atomic mass is 10.0. The van der Waals surface area contributed by atoms with Crippen molar-refractivity contribution in [1.82, 2.24) is 0 Å². The second-order valence-corrected chi connectivity index (χ2v) is 6.43. The molecule has 0 fully saturated rings. The number of allylic oxidation sites excluding steroid dienone is 1. The predicted molar refractivity (Wildman–Crippen MR) is 97.2 cm³/mol. The molecule has 6 heteroatoms. The lowest BCUT2D eigenvalue weighted by molar-refractivity contribution is -0.149. The zero-order valence-electron chi connectivity index (χ0n) is 15.2. The maximum absolute atomic E-state index is 13.0. The average molecular weight is 370 g/mol. The molecule has 0 bridgehead atoms. The number of carbonyl (C=O) groups is 2. The summed E-state index contributed by atoms with van der Waals surface area (Å²) in [6.07, 6.45) is 1.34. The SMILES string of the molecule is Cc1cc(OCC(=O)OC(C)C)cc2c1C(=O)/C(=C/c1ccc(F)cc1)O2. The molecule has 1 aliphatic rings. The van der Waals surface area contributed by atoms with Crippen LogP contribution >= 0.6 is 0 Å². The van der Waals surface area contributed by atoms with E-state index in [-0.39, 0.29) is 30.1 Å². The molecule has 0 aromatic heterocycles. The third-order valence-electron chi connectivity index (χ3n) is 3.84. The number of hydrogen-bond acceptors (Lipinski definition) is 5. The summed E-state index contributed by atoms with van der Waals surface area (Å²) in [5, 5.41) is 0. The fraction of sp³-hybridized carbons (Fsp3) is 0.238. The van der Waals surface area contributed by atoms with Gasteiger partial charge in [0.1, 0.15) is 17.3 Å². The van der Waals surface area contributed by atoms with Gasteiger partial charge in [0.15, 0.2) is 12.4 Å². The van der Waals surface area contributed by atoms with Crippen molar-refractivity contribution in [2.24, 2.45) is 0 Å². The van der Waals surface area contributed by atoms with Gasteiger partial charge >= 0.3 is 5.97 Å². The topological polar surface area (TPSA) is 61.8 Å². The van der Waals surface area contributed by atoms with Crippen LogP contribution in [0, 0.1) is 12.7 Å². The number of aryl methyl sites for hydroxylation is 1. The van der Waals surface area contributed by atoms with Gasteiger partial charge in [0.2, 0.25) is 5.78 Å². The average Bonchev–Trinajstić information content (AvgIpc) is 2.91. The Morgan fingerprint density at radius 3 is 2.59 bits per heavy atom. The molecule has 1 aliphatic heterocycles. The summed E-state index contributed by atoms with van der Waals surface area (Å²) in [4.78, 5) is 24.2. The van der Waals surface area contributed by atoms with E-state index >= 15 is 0 Å². The molecule has 0 saturated carbocycles. The first-order valence-electron chi connectivity index (χ1n) is 8.50. The number of rotatable bonds is 5. The summed E-state index contributed by atoms with van der Waals surface area (Å²) in [6.45, 7) is 5.04. The summed E-state index contributed by atoms with van der Waals surface area (Å²) in [5.41, 5.74) is 1.77. The maximum Gasteiger partial charge on any atom is 0.344 e. The monoisotopic (exact) mass is 370 g/mol. The summed E-state index contributed by atoms with van der Waals surface area (Å²) < 4.78 is 29.2. The predicted octanol–water partition coefficient (Wildman–Crippen LogP) is 4.08. The molecule has 2 aromatic carbocycles. The molecule has 0 atom stereocenters. The zero-order valence-corrected chi connectivity index (χ0v) is 15.2. The summed E-state index contributed by atoms with van der Waals surface area (Å²) in [5.74, 6) is -0.165. The minimum atomic E-state index is -0.475. The number of ether oxygens (including phenoxy) is 3. The Labute approximate surface area is 156 Å². The molecule has 0 amide bonds. The molecule has 0 unspecified atom stereocenters. The third kappa shape index (κ3) is 4.34. The standard InChI is InChI=1S/C21H19FO5/c1-12(2)26-19(23)11-25-16-8-13(3)20-17(10-16)27-18(21(20)24)9-14-4-6-15(22)7-5-14/h4-10,12H,11H2,1-3H3/b18-9-. The van der Waals surface area contributed by atoms with E-state index in [1.807, 2.05) is 0 Å². The highest BCUT2D eigenvalue weighted by Crippen LogP contribution is 2.37. The van der Waals surface area contributed by atoms with E-state index in [1.54, 1.807) is 51.1 Å². The molecule has 3 rings (SSSR count). The van der Waals surface area contributed by atoms with E-state index in [4.69, 9.17) is 14.2 Å². The summed E-state index contributed by atoms with van der Waals surface area (Å²) in [7, 11) is 0. The Balaban J connectivity index is 1.78. The van der Waals surface area contributed by atoms with Crippen molar-refractivity contribution in [3.05, 3.63) is 64.7 Å². The van der Waals surface area contributed by atoms with Crippen LogP contribution in [0.15, 0.2) is 42.2 Å². The number of ketones is 1. The van der Waals surface area contributed by atoms with Gasteiger partial charge < -0.3 is 14.2 Å². The van der Waals surface area contributed by atoms with Crippen LogP contribution in [0.3, 0.4) is 0 Å². The largest absolute Gasteiger partial charge is 0.482 e. The zero-order chi connectivity index (χ0) is 19.6. The fourth-order valence-electron chi connectivity index (χ4n) is 2.71. The van der Waals surface area contributed by atoms with Crippen LogP contribution in [0.2, 0.25) is 0 Å². The van der Waals surface area contributed by atoms with Crippen molar-refractivity contribution < 1.29 is 28.2 Å². The Bertz CT molecular complexity index is 913. The normalized spacial score (nSPS) is 14.3. The molecule has 0 saturated heterocycles. The van der Waals surface area contributed by atoms with Crippen LogP contribution in [0.25, 0.3) is 6.08 Å². The number of halogens is 1. The Morgan fingerprint density at radius 2 is 1.93 bits per heavy atom. The second-order valence-electron chi connectivity index (χ2n) is 6.43. The van der Waals surface area contributed by atoms with Crippen LogP contribution in [-0.4, -0.2) is 24.5 Å². The quantitative estimate of drug-likeness (QED) is 0.586. The molecular weight excluding hydrogens is 351 g/mol. The van der Waals surface area contributed by atoms with E-state index in [0.29, 0.717) is 28.2 Å². The summed E-state index contributed by atoms with van der Waals surface area (Å²) >= 11 is 0. The third-order valence-corrected chi connectivity index (χ3v) is 3.84. The Morgan fingerprint density at radius 1 is 1.22 bits per heavy atom. The second kappa shape index (κ2) is 7.61. The van der Waals surface area contributed by atoms with Gasteiger partial charge in [-0.25, -0.2) is 9.18 Å². The van der Waals surface area contributed by atoms with Gasteiger partial charge in [-0.15, -0.1) is 0 Å². The van der Waals surface area contributed by atoms with Gasteiger partial charge in [0.25, 0.3) is 0 Å². The van der Waals surface area contributed by atoms with Crippen molar-refractivity contribution in [1.29, 1.82) is 0 Å². The van der Waals surface area contributed by atoms with Gasteiger partial charge in [0, 0.05) is 6.07 Å². The van der Waals surface area contributed by atoms with Gasteiger partial charge in [-0.2, -0.15) is 0 Å². The van der Waals surface area contributed by atoms with Crippen LogP contribution in [-0.2, 0) is 9.53 Å². The van der Waals surface area contributed by atoms with Gasteiger partial charge in [-0.3, -0.25) is 4.79 Å². The molecule has 27 heavy (non-hydrogen) atoms. The number of esters is 1. The number of Topliss-reactive ketones (excluding diaryl/α,β-unsaturated/α-hetero) is 1. The highest BCUT2D eigenvalue weighted by atomic mass is 19.1. The van der Waals surface area contributed by atoms with Crippen molar-refractivity contribution >= 4 is 17.8 Å². The smallest absolute Gasteiger partial charge is 0.344 e. The first-order valence-corrected chi connectivity index (χ1v) is 8.50. The molecule has 1 heterocycles. The lowest BCUT2D eigenvalue weighted by Gasteiger charge is -2.10. The van der Waals surface area contributed by atoms with Crippen LogP contribution in [0.4, 0.5) is 4.39 Å². The van der Waals surface area contributed by atoms with E-state index in [0.717, 1.165) is 0 Å². The van der Waals surface area contributed by atoms with Crippen LogP contribution in [0.1, 0.15) is 35.3 Å². The highest BCUT2D eigenvalue weighted by Gasteiger charge is 2.30. The fourth-order valence-corrected chi connectivity index (χ4v) is 2.71. The number of fused-ring (bicyclic) bond motifs is 1. The molecule has 140 valence electrons. The number of carbonyl (C=O) groups excluding carboxylic acids is 2. The molecule has 0 spiro atoms. The minimum Gasteiger partial charge on any atom is -0.482 e. The lowest BCUT2D eigenvalue weighted by Crippen LogP contribution is -2.18. The first kappa shape index (κ1) is 18.6. The van der Waals surface area contributed by atoms with Crippen molar-refractivity contribution in [2.45, 2.75) is 26.9 Å². The number of hydrogen-bond donors (Lipinski definition) is 0. The molecule has 5 nitrogen and oxygen atoms in total. The number of benzene rings is 2. The Kier molecular flexibility index (Phi) is 5.26. The van der Waals surface area contributed by atoms with E-state index < -0.39 is 5.97 Å². The molecule has 0 aliphatic carbocycles. The molecule has 0 radical (unpaired) electrons. The van der Waals surface area contributed by atoms with Gasteiger partial charge in [-0.05, 0) is 56.2 Å². The van der Waals surface area contributed by atoms with Crippen molar-refractivity contribution in [3.8, 4) is 11.5 Å². The maximum atomic E-state index is 13.0. The van der Waals surface area contributed by atoms with E-state index in [2.05, 4.69) is 0 Å². The van der Waals surface area contributed by atoms with Gasteiger partial charge in [0.05, 0.1) is 11.7 Å². The Hall–Kier alpha value is -3.15. The van der Waals surface area contributed by atoms with E-state index in [1.165, 1.54) is 12.1 Å². The van der Waals surface area contributed by atoms with Crippen molar-refractivity contribution in [3.63, 3.8) is 0 Å². The first-order chi connectivity index (χ1) is 12.8. The van der Waals surface area contributed by atoms with Crippen molar-refractivity contribution in [2.75, 3.05) is 6.61 Å².